The first kappa shape index (κ1) is 9.21. The zero-order chi connectivity index (χ0) is 10.3. The first-order valence-electron chi connectivity index (χ1n) is 4.73. The number of aliphatic hydroxyl groups is 1. The monoisotopic (exact) mass is 191 g/mol. The number of para-hydroxylation sites is 1. The number of rotatable bonds is 1. The second kappa shape index (κ2) is 3.10. The zero-order valence-electron chi connectivity index (χ0n) is 8.27. The lowest BCUT2D eigenvalue weighted by atomic mass is 10.1. The predicted molar refractivity (Wildman–Crippen MR) is 54.0 cm³/mol. The molecule has 0 saturated heterocycles. The molecule has 1 unspecified atom stereocenters. The minimum absolute atomic E-state index is 0.0841. The van der Waals surface area contributed by atoms with Crippen LogP contribution in [0.15, 0.2) is 24.3 Å². The molecule has 0 spiro atoms. The number of carbonyl (C=O) groups is 1. The minimum atomic E-state index is -0.978. The number of hydrogen-bond donors (Lipinski definition) is 1. The molecule has 74 valence electrons. The molecule has 1 aromatic rings. The van der Waals surface area contributed by atoms with E-state index in [1.165, 1.54) is 0 Å². The fourth-order valence-electron chi connectivity index (χ4n) is 1.85. The summed E-state index contributed by atoms with van der Waals surface area (Å²) in [6.07, 6.45) is -0.978. The number of carbonyl (C=O) groups excluding carboxylic acids is 1. The van der Waals surface area contributed by atoms with Crippen LogP contribution in [0.2, 0.25) is 0 Å². The molecule has 1 atom stereocenters. The molecular formula is C11H13NO2. The van der Waals surface area contributed by atoms with E-state index in [1.54, 1.807) is 11.0 Å². The summed E-state index contributed by atoms with van der Waals surface area (Å²) < 4.78 is 0. The summed E-state index contributed by atoms with van der Waals surface area (Å²) >= 11 is 0. The van der Waals surface area contributed by atoms with Crippen molar-refractivity contribution in [3.05, 3.63) is 29.8 Å². The molecule has 0 radical (unpaired) electrons. The van der Waals surface area contributed by atoms with Crippen LogP contribution in [-0.4, -0.2) is 17.1 Å². The van der Waals surface area contributed by atoms with Crippen molar-refractivity contribution < 1.29 is 9.90 Å². The Kier molecular flexibility index (Phi) is 2.04. The lowest BCUT2D eigenvalue weighted by Gasteiger charge is -2.21. The van der Waals surface area contributed by atoms with E-state index in [0.29, 0.717) is 5.56 Å². The topological polar surface area (TPSA) is 40.5 Å². The van der Waals surface area contributed by atoms with Crippen LogP contribution in [0.5, 0.6) is 0 Å². The van der Waals surface area contributed by atoms with Gasteiger partial charge in [0.2, 0.25) is 0 Å². The van der Waals surface area contributed by atoms with Gasteiger partial charge in [0.25, 0.3) is 5.91 Å². The van der Waals surface area contributed by atoms with Crippen molar-refractivity contribution in [2.75, 3.05) is 4.90 Å². The molecule has 1 N–H and O–H groups in total. The summed E-state index contributed by atoms with van der Waals surface area (Å²) in [6.45, 7) is 3.87. The van der Waals surface area contributed by atoms with Crippen molar-refractivity contribution in [2.24, 2.45) is 0 Å². The van der Waals surface area contributed by atoms with Crippen LogP contribution in [0.25, 0.3) is 0 Å². The summed E-state index contributed by atoms with van der Waals surface area (Å²) in [7, 11) is 0. The SMILES string of the molecule is CC(C)N1C(=O)C(O)c2ccccc21. The molecule has 14 heavy (non-hydrogen) atoms. The maximum Gasteiger partial charge on any atom is 0.260 e. The Hall–Kier alpha value is -1.35. The quantitative estimate of drug-likeness (QED) is 0.730. The molecule has 0 saturated carbocycles. The first-order valence-corrected chi connectivity index (χ1v) is 4.73. The Morgan fingerprint density at radius 3 is 2.64 bits per heavy atom. The Labute approximate surface area is 83.0 Å². The minimum Gasteiger partial charge on any atom is -0.378 e. The Bertz CT molecular complexity index is 373. The van der Waals surface area contributed by atoms with Gasteiger partial charge in [0, 0.05) is 11.6 Å². The molecule has 1 aliphatic rings. The van der Waals surface area contributed by atoms with Crippen LogP contribution in [0, 0.1) is 0 Å². The summed E-state index contributed by atoms with van der Waals surface area (Å²) in [6, 6.07) is 7.45. The highest BCUT2D eigenvalue weighted by Gasteiger charge is 2.36. The number of aliphatic hydroxyl groups excluding tert-OH is 1. The molecular weight excluding hydrogens is 178 g/mol. The smallest absolute Gasteiger partial charge is 0.260 e. The molecule has 0 bridgehead atoms. The Morgan fingerprint density at radius 1 is 1.36 bits per heavy atom. The van der Waals surface area contributed by atoms with Crippen LogP contribution < -0.4 is 4.90 Å². The van der Waals surface area contributed by atoms with Crippen molar-refractivity contribution in [1.82, 2.24) is 0 Å². The van der Waals surface area contributed by atoms with Gasteiger partial charge >= 0.3 is 0 Å². The van der Waals surface area contributed by atoms with Gasteiger partial charge in [-0.3, -0.25) is 4.79 Å². The molecule has 1 amide bonds. The molecule has 1 heterocycles. The number of benzene rings is 1. The van der Waals surface area contributed by atoms with E-state index in [1.807, 2.05) is 32.0 Å². The van der Waals surface area contributed by atoms with E-state index in [9.17, 15) is 9.90 Å². The number of fused-ring (bicyclic) bond motifs is 1. The van der Waals surface area contributed by atoms with Gasteiger partial charge in [0.1, 0.15) is 0 Å². The van der Waals surface area contributed by atoms with Crippen LogP contribution in [0.4, 0.5) is 5.69 Å². The van der Waals surface area contributed by atoms with Gasteiger partial charge < -0.3 is 10.0 Å². The van der Waals surface area contributed by atoms with Gasteiger partial charge in [-0.1, -0.05) is 18.2 Å². The van der Waals surface area contributed by atoms with Crippen LogP contribution >= 0.6 is 0 Å². The number of amides is 1. The number of anilines is 1. The van der Waals surface area contributed by atoms with E-state index < -0.39 is 6.10 Å². The predicted octanol–water partition coefficient (Wildman–Crippen LogP) is 1.47. The Morgan fingerprint density at radius 2 is 2.00 bits per heavy atom. The van der Waals surface area contributed by atoms with Crippen LogP contribution in [-0.2, 0) is 4.79 Å². The fourth-order valence-corrected chi connectivity index (χ4v) is 1.85. The number of nitrogens with zero attached hydrogens (tertiary/aromatic N) is 1. The van der Waals surface area contributed by atoms with E-state index >= 15 is 0 Å². The maximum absolute atomic E-state index is 11.7. The van der Waals surface area contributed by atoms with E-state index in [4.69, 9.17) is 0 Å². The highest BCUT2D eigenvalue weighted by atomic mass is 16.3. The van der Waals surface area contributed by atoms with Gasteiger partial charge in [-0.25, -0.2) is 0 Å². The third-order valence-corrected chi connectivity index (χ3v) is 2.48. The summed E-state index contributed by atoms with van der Waals surface area (Å²) in [5.41, 5.74) is 1.55. The third kappa shape index (κ3) is 1.13. The largest absolute Gasteiger partial charge is 0.378 e. The average Bonchev–Trinajstić information content (AvgIpc) is 2.41. The normalized spacial score (nSPS) is 20.4. The van der Waals surface area contributed by atoms with E-state index in [2.05, 4.69) is 0 Å². The van der Waals surface area contributed by atoms with Gasteiger partial charge in [-0.15, -0.1) is 0 Å². The number of hydrogen-bond acceptors (Lipinski definition) is 2. The fraction of sp³-hybridized carbons (Fsp3) is 0.364. The molecule has 0 fully saturated rings. The zero-order valence-corrected chi connectivity index (χ0v) is 8.27. The molecule has 3 nitrogen and oxygen atoms in total. The van der Waals surface area contributed by atoms with Crippen molar-refractivity contribution in [3.63, 3.8) is 0 Å². The molecule has 1 aliphatic heterocycles. The second-order valence-electron chi connectivity index (χ2n) is 3.76. The highest BCUT2D eigenvalue weighted by Crippen LogP contribution is 2.36. The van der Waals surface area contributed by atoms with Gasteiger partial charge in [-0.2, -0.15) is 0 Å². The highest BCUT2D eigenvalue weighted by molar-refractivity contribution is 6.04. The maximum atomic E-state index is 11.7. The molecule has 2 rings (SSSR count). The summed E-state index contributed by atoms with van der Waals surface area (Å²) in [5.74, 6) is -0.221. The van der Waals surface area contributed by atoms with Gasteiger partial charge in [0.05, 0.1) is 5.69 Å². The van der Waals surface area contributed by atoms with Crippen molar-refractivity contribution >= 4 is 11.6 Å². The second-order valence-corrected chi connectivity index (χ2v) is 3.76. The van der Waals surface area contributed by atoms with E-state index in [-0.39, 0.29) is 11.9 Å². The molecule has 0 aliphatic carbocycles. The lowest BCUT2D eigenvalue weighted by molar-refractivity contribution is -0.126. The van der Waals surface area contributed by atoms with Crippen molar-refractivity contribution in [3.8, 4) is 0 Å². The average molecular weight is 191 g/mol. The van der Waals surface area contributed by atoms with Crippen molar-refractivity contribution in [2.45, 2.75) is 26.0 Å². The lowest BCUT2D eigenvalue weighted by Crippen LogP contribution is -2.34. The molecule has 3 heteroatoms. The van der Waals surface area contributed by atoms with Crippen LogP contribution in [0.1, 0.15) is 25.5 Å². The summed E-state index contributed by atoms with van der Waals surface area (Å²) in [5, 5.41) is 9.68. The standard InChI is InChI=1S/C11H13NO2/c1-7(2)12-9-6-4-3-5-8(9)10(13)11(12)14/h3-7,10,13H,1-2H3. The van der Waals surface area contributed by atoms with Crippen LogP contribution in [0.3, 0.4) is 0 Å². The summed E-state index contributed by atoms with van der Waals surface area (Å²) in [4.78, 5) is 13.3. The van der Waals surface area contributed by atoms with Crippen molar-refractivity contribution in [1.29, 1.82) is 0 Å². The third-order valence-electron chi connectivity index (χ3n) is 2.48. The Balaban J connectivity index is 2.53. The van der Waals surface area contributed by atoms with Gasteiger partial charge in [0.15, 0.2) is 6.10 Å². The molecule has 1 aromatic carbocycles. The first-order chi connectivity index (χ1) is 6.63. The van der Waals surface area contributed by atoms with Gasteiger partial charge in [-0.05, 0) is 19.9 Å². The van der Waals surface area contributed by atoms with E-state index in [0.717, 1.165) is 5.69 Å². The molecule has 0 aromatic heterocycles.